The average molecular weight is 511 g/mol. The van der Waals surface area contributed by atoms with Gasteiger partial charge in [0.1, 0.15) is 5.00 Å². The van der Waals surface area contributed by atoms with Crippen LogP contribution >= 0.6 is 35.2 Å². The number of thiocarbonyl (C=S) groups is 1. The summed E-state index contributed by atoms with van der Waals surface area (Å²) in [4.78, 5) is 13.4. The van der Waals surface area contributed by atoms with Gasteiger partial charge >= 0.3 is 5.97 Å². The summed E-state index contributed by atoms with van der Waals surface area (Å²) in [6.07, 6.45) is 0.714. The van der Waals surface area contributed by atoms with Crippen molar-refractivity contribution >= 4 is 57.1 Å². The number of methoxy groups -OCH3 is 1. The molecular weight excluding hydrogens is 488 g/mol. The minimum absolute atomic E-state index is 0.342. The van der Waals surface area contributed by atoms with Crippen molar-refractivity contribution in [1.82, 2.24) is 9.78 Å². The van der Waals surface area contributed by atoms with E-state index < -0.39 is 5.97 Å². The van der Waals surface area contributed by atoms with Crippen LogP contribution in [-0.4, -0.2) is 28.0 Å². The number of aromatic nitrogens is 2. The molecule has 4 rings (SSSR count). The molecule has 9 heteroatoms. The molecule has 2 heterocycles. The van der Waals surface area contributed by atoms with Crippen LogP contribution in [0.15, 0.2) is 66.7 Å². The number of nitrogens with zero attached hydrogens (tertiary/aromatic N) is 2. The van der Waals surface area contributed by atoms with Gasteiger partial charge < -0.3 is 15.4 Å². The Bertz CT molecular complexity index is 1300. The molecule has 0 aliphatic carbocycles. The van der Waals surface area contributed by atoms with Crippen molar-refractivity contribution in [3.63, 3.8) is 0 Å². The summed E-state index contributed by atoms with van der Waals surface area (Å²) in [5.41, 5.74) is 3.69. The number of hydrogen-bond acceptors (Lipinski definition) is 5. The highest BCUT2D eigenvalue weighted by Gasteiger charge is 2.18. The fourth-order valence-electron chi connectivity index (χ4n) is 3.43. The van der Waals surface area contributed by atoms with Gasteiger partial charge in [-0.15, -0.1) is 11.3 Å². The number of carbonyl (C=O) groups is 1. The fourth-order valence-corrected chi connectivity index (χ4v) is 4.91. The minimum Gasteiger partial charge on any atom is -0.465 e. The quantitative estimate of drug-likeness (QED) is 0.230. The van der Waals surface area contributed by atoms with Gasteiger partial charge in [-0.3, -0.25) is 4.68 Å². The van der Waals surface area contributed by atoms with E-state index >= 15 is 0 Å². The number of halogens is 1. The first-order valence-corrected chi connectivity index (χ1v) is 12.1. The molecule has 0 radical (unpaired) electrons. The molecule has 0 atom stereocenters. The zero-order chi connectivity index (χ0) is 24.1. The predicted octanol–water partition coefficient (Wildman–Crippen LogP) is 6.14. The lowest BCUT2D eigenvalue weighted by molar-refractivity contribution is 0.0602. The molecule has 2 N–H and O–H groups in total. The number of hydrogen-bond donors (Lipinski definition) is 2. The van der Waals surface area contributed by atoms with E-state index in [0.717, 1.165) is 21.7 Å². The summed E-state index contributed by atoms with van der Waals surface area (Å²) in [5.74, 6) is 0.202. The maximum Gasteiger partial charge on any atom is 0.340 e. The molecule has 34 heavy (non-hydrogen) atoms. The van der Waals surface area contributed by atoms with E-state index in [9.17, 15) is 4.79 Å². The van der Waals surface area contributed by atoms with Crippen molar-refractivity contribution < 1.29 is 9.53 Å². The lowest BCUT2D eigenvalue weighted by Crippen LogP contribution is -2.20. The fraction of sp³-hybridized carbons (Fsp3) is 0.160. The van der Waals surface area contributed by atoms with Crippen LogP contribution in [-0.2, 0) is 17.7 Å². The maximum atomic E-state index is 12.3. The number of benzene rings is 2. The van der Waals surface area contributed by atoms with Crippen molar-refractivity contribution in [3.8, 4) is 0 Å². The number of aryl methyl sites for hydroxylation is 1. The molecule has 6 nitrogen and oxygen atoms in total. The number of anilines is 2. The second kappa shape index (κ2) is 10.8. The lowest BCUT2D eigenvalue weighted by Gasteiger charge is -2.08. The van der Waals surface area contributed by atoms with E-state index in [1.807, 2.05) is 66.2 Å². The van der Waals surface area contributed by atoms with Gasteiger partial charge in [0.25, 0.3) is 0 Å². The SMILES string of the molecule is COC(=O)c1cc(Cc2ccccc2)sc1NC(=S)Nc1cc(C)n(Cc2ccc(Cl)cc2)n1. The van der Waals surface area contributed by atoms with Crippen molar-refractivity contribution in [3.05, 3.63) is 99.0 Å². The summed E-state index contributed by atoms with van der Waals surface area (Å²) < 4.78 is 6.85. The number of rotatable bonds is 7. The van der Waals surface area contributed by atoms with Crippen LogP contribution in [0.25, 0.3) is 0 Å². The Kier molecular flexibility index (Phi) is 7.62. The third kappa shape index (κ3) is 6.02. The normalized spacial score (nSPS) is 10.7. The van der Waals surface area contributed by atoms with Crippen LogP contribution in [0.4, 0.5) is 10.8 Å². The second-order valence-corrected chi connectivity index (χ2v) is 9.63. The van der Waals surface area contributed by atoms with Crippen LogP contribution in [0.2, 0.25) is 5.02 Å². The van der Waals surface area contributed by atoms with Gasteiger partial charge in [-0.1, -0.05) is 54.1 Å². The van der Waals surface area contributed by atoms with Crippen LogP contribution in [0, 0.1) is 6.92 Å². The number of ether oxygens (including phenoxy) is 1. The zero-order valence-corrected chi connectivity index (χ0v) is 21.1. The number of thiophene rings is 1. The minimum atomic E-state index is -0.413. The molecule has 2 aromatic heterocycles. The van der Waals surface area contributed by atoms with E-state index in [1.165, 1.54) is 18.4 Å². The van der Waals surface area contributed by atoms with Crippen molar-refractivity contribution in [2.45, 2.75) is 19.9 Å². The van der Waals surface area contributed by atoms with E-state index in [4.69, 9.17) is 28.6 Å². The largest absolute Gasteiger partial charge is 0.465 e. The standard InChI is InChI=1S/C25H23ClN4O2S2/c1-16-12-22(29-30(16)15-18-8-10-19(26)11-9-18)27-25(33)28-23-21(24(31)32-2)14-20(34-23)13-17-6-4-3-5-7-17/h3-12,14H,13,15H2,1-2H3,(H2,27,28,29,33). The average Bonchev–Trinajstić information content (AvgIpc) is 3.37. The lowest BCUT2D eigenvalue weighted by atomic mass is 10.1. The summed E-state index contributed by atoms with van der Waals surface area (Å²) >= 11 is 13.0. The van der Waals surface area contributed by atoms with E-state index in [0.29, 0.717) is 39.5 Å². The van der Waals surface area contributed by atoms with Crippen molar-refractivity contribution in [1.29, 1.82) is 0 Å². The van der Waals surface area contributed by atoms with Gasteiger partial charge in [0, 0.05) is 28.1 Å². The van der Waals surface area contributed by atoms with E-state index in [2.05, 4.69) is 27.9 Å². The predicted molar refractivity (Wildman–Crippen MR) is 142 cm³/mol. The monoisotopic (exact) mass is 510 g/mol. The van der Waals surface area contributed by atoms with Crippen molar-refractivity contribution in [2.75, 3.05) is 17.7 Å². The van der Waals surface area contributed by atoms with Crippen LogP contribution in [0.5, 0.6) is 0 Å². The highest BCUT2D eigenvalue weighted by atomic mass is 35.5. The molecule has 174 valence electrons. The van der Waals surface area contributed by atoms with Crippen molar-refractivity contribution in [2.24, 2.45) is 0 Å². The molecule has 0 bridgehead atoms. The van der Waals surface area contributed by atoms with E-state index in [-0.39, 0.29) is 0 Å². The first-order valence-electron chi connectivity index (χ1n) is 10.5. The molecule has 2 aromatic carbocycles. The Morgan fingerprint density at radius 2 is 1.82 bits per heavy atom. The summed E-state index contributed by atoms with van der Waals surface area (Å²) in [7, 11) is 1.37. The molecule has 0 amide bonds. The van der Waals surface area contributed by atoms with Gasteiger partial charge in [0.2, 0.25) is 0 Å². The molecule has 0 saturated heterocycles. The van der Waals surface area contributed by atoms with Crippen LogP contribution in [0.3, 0.4) is 0 Å². The third-order valence-electron chi connectivity index (χ3n) is 5.11. The highest BCUT2D eigenvalue weighted by Crippen LogP contribution is 2.31. The van der Waals surface area contributed by atoms with Gasteiger partial charge in [-0.2, -0.15) is 5.10 Å². The van der Waals surface area contributed by atoms with Crippen LogP contribution in [0.1, 0.15) is 32.1 Å². The van der Waals surface area contributed by atoms with Gasteiger partial charge in [0.05, 0.1) is 19.2 Å². The molecule has 0 spiro atoms. The maximum absolute atomic E-state index is 12.3. The summed E-state index contributed by atoms with van der Waals surface area (Å²) in [5, 5.41) is 12.5. The summed E-state index contributed by atoms with van der Waals surface area (Å²) in [6.45, 7) is 2.60. The Hall–Kier alpha value is -3.20. The van der Waals surface area contributed by atoms with Gasteiger partial charge in [-0.05, 0) is 48.5 Å². The first-order chi connectivity index (χ1) is 16.4. The molecule has 0 aliphatic heterocycles. The number of nitrogens with one attached hydrogen (secondary N) is 2. The topological polar surface area (TPSA) is 68.2 Å². The molecule has 0 fully saturated rings. The third-order valence-corrected chi connectivity index (χ3v) is 6.61. The molecule has 0 aliphatic rings. The van der Waals surface area contributed by atoms with Crippen LogP contribution < -0.4 is 10.6 Å². The van der Waals surface area contributed by atoms with E-state index in [1.54, 1.807) is 0 Å². The smallest absolute Gasteiger partial charge is 0.340 e. The summed E-state index contributed by atoms with van der Waals surface area (Å²) in [6, 6.07) is 21.5. The first kappa shape index (κ1) is 23.9. The zero-order valence-electron chi connectivity index (χ0n) is 18.7. The molecular formula is C25H23ClN4O2S2. The highest BCUT2D eigenvalue weighted by molar-refractivity contribution is 7.80. The van der Waals surface area contributed by atoms with Gasteiger partial charge in [-0.25, -0.2) is 4.79 Å². The van der Waals surface area contributed by atoms with Gasteiger partial charge in [0.15, 0.2) is 10.9 Å². The molecule has 0 saturated carbocycles. The number of carbonyl (C=O) groups excluding carboxylic acids is 1. The molecule has 4 aromatic rings. The Morgan fingerprint density at radius 3 is 2.53 bits per heavy atom. The number of esters is 1. The second-order valence-electron chi connectivity index (χ2n) is 7.64. The Balaban J connectivity index is 1.46. The Labute approximate surface area is 212 Å². The Morgan fingerprint density at radius 1 is 1.09 bits per heavy atom. The molecule has 0 unspecified atom stereocenters.